The van der Waals surface area contributed by atoms with Crippen molar-refractivity contribution in [2.75, 3.05) is 7.11 Å². The normalized spacial score (nSPS) is 13.6. The fraction of sp³-hybridized carbons (Fsp3) is 0.333. The smallest absolute Gasteiger partial charge is 0.126 e. The van der Waals surface area contributed by atoms with Gasteiger partial charge in [0.2, 0.25) is 0 Å². The number of hydrogen-bond donors (Lipinski definition) is 2. The van der Waals surface area contributed by atoms with Crippen LogP contribution in [0.4, 0.5) is 0 Å². The fourth-order valence-electron chi connectivity index (χ4n) is 2.11. The Morgan fingerprint density at radius 2 is 1.72 bits per heavy atom. The first-order valence-corrected chi connectivity index (χ1v) is 5.97. The summed E-state index contributed by atoms with van der Waals surface area (Å²) in [7, 11) is 1.64. The minimum Gasteiger partial charge on any atom is -0.496 e. The lowest BCUT2D eigenvalue weighted by Gasteiger charge is -2.27. The van der Waals surface area contributed by atoms with Crippen molar-refractivity contribution in [3.63, 3.8) is 0 Å². The van der Waals surface area contributed by atoms with Gasteiger partial charge in [-0.05, 0) is 30.9 Å². The SMILES string of the molecule is COc1ccc(C(O)C(C)(C)N)c2ccccc12. The van der Waals surface area contributed by atoms with E-state index in [1.165, 1.54) is 0 Å². The van der Waals surface area contributed by atoms with Gasteiger partial charge in [-0.15, -0.1) is 0 Å². The van der Waals surface area contributed by atoms with Gasteiger partial charge in [0.15, 0.2) is 0 Å². The third kappa shape index (κ3) is 2.19. The molecule has 0 aliphatic carbocycles. The lowest BCUT2D eigenvalue weighted by atomic mass is 9.89. The largest absolute Gasteiger partial charge is 0.496 e. The van der Waals surface area contributed by atoms with Crippen LogP contribution in [0.1, 0.15) is 25.5 Å². The van der Waals surface area contributed by atoms with E-state index in [0.29, 0.717) is 0 Å². The van der Waals surface area contributed by atoms with Gasteiger partial charge >= 0.3 is 0 Å². The van der Waals surface area contributed by atoms with Gasteiger partial charge in [0.25, 0.3) is 0 Å². The summed E-state index contributed by atoms with van der Waals surface area (Å²) >= 11 is 0. The van der Waals surface area contributed by atoms with Gasteiger partial charge in [-0.1, -0.05) is 30.3 Å². The predicted molar refractivity (Wildman–Crippen MR) is 73.7 cm³/mol. The molecule has 0 spiro atoms. The van der Waals surface area contributed by atoms with E-state index in [9.17, 15) is 5.11 Å². The average molecular weight is 245 g/mol. The van der Waals surface area contributed by atoms with Gasteiger partial charge in [-0.3, -0.25) is 0 Å². The molecule has 0 saturated carbocycles. The van der Waals surface area contributed by atoms with Crippen LogP contribution in [0.15, 0.2) is 36.4 Å². The summed E-state index contributed by atoms with van der Waals surface area (Å²) in [5.41, 5.74) is 6.14. The average Bonchev–Trinajstić information content (AvgIpc) is 2.35. The van der Waals surface area contributed by atoms with Crippen molar-refractivity contribution in [3.05, 3.63) is 42.0 Å². The van der Waals surface area contributed by atoms with Gasteiger partial charge in [-0.2, -0.15) is 0 Å². The fourth-order valence-corrected chi connectivity index (χ4v) is 2.11. The molecule has 1 unspecified atom stereocenters. The van der Waals surface area contributed by atoms with Crippen molar-refractivity contribution >= 4 is 10.8 Å². The second-order valence-electron chi connectivity index (χ2n) is 5.13. The van der Waals surface area contributed by atoms with Crippen LogP contribution in [-0.4, -0.2) is 17.8 Å². The van der Waals surface area contributed by atoms with Gasteiger partial charge in [0, 0.05) is 10.9 Å². The molecule has 3 nitrogen and oxygen atoms in total. The molecule has 0 aliphatic rings. The Morgan fingerprint density at radius 3 is 2.28 bits per heavy atom. The number of aliphatic hydroxyl groups is 1. The Balaban J connectivity index is 2.67. The zero-order valence-corrected chi connectivity index (χ0v) is 11.0. The maximum atomic E-state index is 10.4. The van der Waals surface area contributed by atoms with E-state index in [2.05, 4.69) is 0 Å². The van der Waals surface area contributed by atoms with E-state index in [0.717, 1.165) is 22.1 Å². The second-order valence-corrected chi connectivity index (χ2v) is 5.13. The van der Waals surface area contributed by atoms with Crippen molar-refractivity contribution in [2.45, 2.75) is 25.5 Å². The van der Waals surface area contributed by atoms with Crippen LogP contribution in [-0.2, 0) is 0 Å². The van der Waals surface area contributed by atoms with Crippen molar-refractivity contribution in [1.82, 2.24) is 0 Å². The summed E-state index contributed by atoms with van der Waals surface area (Å²) in [4.78, 5) is 0. The number of hydrogen-bond acceptors (Lipinski definition) is 3. The van der Waals surface area contributed by atoms with Crippen LogP contribution >= 0.6 is 0 Å². The standard InChI is InChI=1S/C15H19NO2/c1-15(2,16)14(17)12-8-9-13(18-3)11-7-5-4-6-10(11)12/h4-9,14,17H,16H2,1-3H3. The number of rotatable bonds is 3. The molecule has 2 rings (SSSR count). The van der Waals surface area contributed by atoms with E-state index < -0.39 is 11.6 Å². The third-order valence-electron chi connectivity index (χ3n) is 3.14. The van der Waals surface area contributed by atoms with Crippen molar-refractivity contribution in [2.24, 2.45) is 5.73 Å². The molecule has 2 aromatic rings. The van der Waals surface area contributed by atoms with Crippen LogP contribution in [0, 0.1) is 0 Å². The Labute approximate surface area is 107 Å². The maximum Gasteiger partial charge on any atom is 0.126 e. The van der Waals surface area contributed by atoms with E-state index in [1.807, 2.05) is 50.2 Å². The maximum absolute atomic E-state index is 10.4. The minimum atomic E-state index is -0.715. The summed E-state index contributed by atoms with van der Waals surface area (Å²) in [6.07, 6.45) is -0.715. The molecule has 0 aromatic heterocycles. The molecule has 96 valence electrons. The summed E-state index contributed by atoms with van der Waals surface area (Å²) in [6.45, 7) is 3.63. The molecular formula is C15H19NO2. The zero-order chi connectivity index (χ0) is 13.3. The topological polar surface area (TPSA) is 55.5 Å². The first kappa shape index (κ1) is 12.9. The van der Waals surface area contributed by atoms with E-state index >= 15 is 0 Å². The molecule has 3 N–H and O–H groups in total. The Hall–Kier alpha value is -1.58. The summed E-state index contributed by atoms with van der Waals surface area (Å²) in [5.74, 6) is 0.802. The summed E-state index contributed by atoms with van der Waals surface area (Å²) in [6, 6.07) is 11.6. The van der Waals surface area contributed by atoms with Crippen molar-refractivity contribution in [1.29, 1.82) is 0 Å². The zero-order valence-electron chi connectivity index (χ0n) is 11.0. The lowest BCUT2D eigenvalue weighted by Crippen LogP contribution is -2.39. The molecule has 0 saturated heterocycles. The van der Waals surface area contributed by atoms with Crippen LogP contribution in [0.2, 0.25) is 0 Å². The molecule has 0 bridgehead atoms. The van der Waals surface area contributed by atoms with Crippen LogP contribution < -0.4 is 10.5 Å². The van der Waals surface area contributed by atoms with Crippen molar-refractivity contribution in [3.8, 4) is 5.75 Å². The van der Waals surface area contributed by atoms with Gasteiger partial charge in [0.1, 0.15) is 5.75 Å². The molecule has 1 atom stereocenters. The predicted octanol–water partition coefficient (Wildman–Crippen LogP) is 2.62. The molecule has 0 amide bonds. The van der Waals surface area contributed by atoms with Gasteiger partial charge < -0.3 is 15.6 Å². The second kappa shape index (κ2) is 4.59. The molecule has 0 aliphatic heterocycles. The van der Waals surface area contributed by atoms with E-state index in [1.54, 1.807) is 7.11 Å². The van der Waals surface area contributed by atoms with E-state index in [4.69, 9.17) is 10.5 Å². The van der Waals surface area contributed by atoms with Crippen LogP contribution in [0.25, 0.3) is 10.8 Å². The molecule has 0 heterocycles. The highest BCUT2D eigenvalue weighted by Crippen LogP contribution is 2.34. The number of ether oxygens (including phenoxy) is 1. The molecule has 18 heavy (non-hydrogen) atoms. The highest BCUT2D eigenvalue weighted by Gasteiger charge is 2.26. The van der Waals surface area contributed by atoms with Crippen LogP contribution in [0.3, 0.4) is 0 Å². The van der Waals surface area contributed by atoms with E-state index in [-0.39, 0.29) is 0 Å². The van der Waals surface area contributed by atoms with Gasteiger partial charge in [-0.25, -0.2) is 0 Å². The summed E-state index contributed by atoms with van der Waals surface area (Å²) in [5, 5.41) is 12.3. The third-order valence-corrected chi connectivity index (χ3v) is 3.14. The van der Waals surface area contributed by atoms with Crippen LogP contribution in [0.5, 0.6) is 5.75 Å². The lowest BCUT2D eigenvalue weighted by molar-refractivity contribution is 0.106. The number of aliphatic hydroxyl groups excluding tert-OH is 1. The summed E-state index contributed by atoms with van der Waals surface area (Å²) < 4.78 is 5.33. The molecule has 2 aromatic carbocycles. The monoisotopic (exact) mass is 245 g/mol. The Kier molecular flexibility index (Phi) is 3.28. The number of nitrogens with two attached hydrogens (primary N) is 1. The Morgan fingerprint density at radius 1 is 1.11 bits per heavy atom. The minimum absolute atomic E-state index is 0.683. The molecular weight excluding hydrogens is 226 g/mol. The number of methoxy groups -OCH3 is 1. The molecule has 0 radical (unpaired) electrons. The quantitative estimate of drug-likeness (QED) is 0.874. The molecule has 3 heteroatoms. The number of benzene rings is 2. The highest BCUT2D eigenvalue weighted by molar-refractivity contribution is 5.91. The highest BCUT2D eigenvalue weighted by atomic mass is 16.5. The first-order valence-electron chi connectivity index (χ1n) is 5.97. The number of fused-ring (bicyclic) bond motifs is 1. The van der Waals surface area contributed by atoms with Crippen molar-refractivity contribution < 1.29 is 9.84 Å². The molecule has 0 fully saturated rings. The first-order chi connectivity index (χ1) is 8.45. The Bertz CT molecular complexity index is 558. The van der Waals surface area contributed by atoms with Gasteiger partial charge in [0.05, 0.1) is 13.2 Å².